The van der Waals surface area contributed by atoms with E-state index in [2.05, 4.69) is 5.10 Å². The van der Waals surface area contributed by atoms with Crippen molar-refractivity contribution in [2.45, 2.75) is 37.6 Å². The number of hydrogen-bond acceptors (Lipinski definition) is 4. The summed E-state index contributed by atoms with van der Waals surface area (Å²) in [4.78, 5) is 12.5. The van der Waals surface area contributed by atoms with E-state index >= 15 is 0 Å². The van der Waals surface area contributed by atoms with Crippen LogP contribution in [0, 0.1) is 0 Å². The number of methoxy groups -OCH3 is 1. The van der Waals surface area contributed by atoms with Crippen LogP contribution in [0.5, 0.6) is 5.75 Å². The average molecular weight is 406 g/mol. The van der Waals surface area contributed by atoms with Crippen molar-refractivity contribution in [3.63, 3.8) is 0 Å². The Labute approximate surface area is 166 Å². The Morgan fingerprint density at radius 2 is 1.83 bits per heavy atom. The van der Waals surface area contributed by atoms with Gasteiger partial charge < -0.3 is 9.84 Å². The zero-order valence-electron chi connectivity index (χ0n) is 15.8. The minimum atomic E-state index is -5.04. The first-order valence-corrected chi connectivity index (χ1v) is 9.12. The van der Waals surface area contributed by atoms with Gasteiger partial charge in [-0.25, -0.2) is 0 Å². The summed E-state index contributed by atoms with van der Waals surface area (Å²) in [6.45, 7) is 0. The normalized spacial score (nSPS) is 19.2. The number of rotatable bonds is 6. The average Bonchev–Trinajstić information content (AvgIpc) is 3.08. The Bertz CT molecular complexity index is 882. The molecule has 1 heterocycles. The van der Waals surface area contributed by atoms with Gasteiger partial charge in [-0.3, -0.25) is 4.79 Å². The lowest BCUT2D eigenvalue weighted by atomic mass is 10.0. The second-order valence-electron chi connectivity index (χ2n) is 6.81. The smallest absolute Gasteiger partial charge is 0.438 e. The molecular weight excluding hydrogens is 385 g/mol. The Balaban J connectivity index is 1.77. The van der Waals surface area contributed by atoms with Gasteiger partial charge in [0.15, 0.2) is 0 Å². The summed E-state index contributed by atoms with van der Waals surface area (Å²) in [6, 6.07) is 15.6. The number of ether oxygens (including phenoxy) is 1. The predicted octanol–water partition coefficient (Wildman–Crippen LogP) is 3.91. The molecular formula is C21H21F3N2O3. The van der Waals surface area contributed by atoms with E-state index in [0.29, 0.717) is 24.2 Å². The quantitative estimate of drug-likeness (QED) is 0.791. The summed E-state index contributed by atoms with van der Waals surface area (Å²) in [5.41, 5.74) is -2.00. The van der Waals surface area contributed by atoms with Gasteiger partial charge in [-0.1, -0.05) is 30.3 Å². The molecule has 1 N–H and O–H groups in total. The predicted molar refractivity (Wildman–Crippen MR) is 101 cm³/mol. The molecule has 0 saturated heterocycles. The molecule has 8 heteroatoms. The fourth-order valence-corrected chi connectivity index (χ4v) is 3.17. The summed E-state index contributed by atoms with van der Waals surface area (Å²) < 4.78 is 45.9. The highest BCUT2D eigenvalue weighted by atomic mass is 19.4. The first kappa shape index (κ1) is 20.9. The second kappa shape index (κ2) is 8.24. The largest absolute Gasteiger partial charge is 0.497 e. The van der Waals surface area contributed by atoms with Crippen LogP contribution in [-0.2, 0) is 11.2 Å². The number of benzene rings is 2. The van der Waals surface area contributed by atoms with Crippen LogP contribution in [0.2, 0.25) is 0 Å². The highest BCUT2D eigenvalue weighted by molar-refractivity contribution is 6.03. The second-order valence-corrected chi connectivity index (χ2v) is 6.81. The lowest BCUT2D eigenvalue weighted by Crippen LogP contribution is -2.56. The third-order valence-electron chi connectivity index (χ3n) is 4.80. The van der Waals surface area contributed by atoms with Gasteiger partial charge >= 0.3 is 6.18 Å². The number of amides is 1. The number of alkyl halides is 3. The van der Waals surface area contributed by atoms with E-state index in [-0.39, 0.29) is 17.1 Å². The topological polar surface area (TPSA) is 62.1 Å². The standard InChI is InChI=1S/C21H21F3N2O3/c1-29-17-12-10-16(11-13-17)18-14-20(28,21(22,23)24)26(25-18)19(27)9-5-8-15-6-3-2-4-7-15/h2-4,6-7,10-13,28H,5,8-9,14H2,1H3/t20-/m0/s1. The van der Waals surface area contributed by atoms with Gasteiger partial charge in [0.2, 0.25) is 5.91 Å². The van der Waals surface area contributed by atoms with Crippen molar-refractivity contribution in [1.29, 1.82) is 0 Å². The molecule has 1 atom stereocenters. The van der Waals surface area contributed by atoms with Crippen LogP contribution in [0.15, 0.2) is 59.7 Å². The van der Waals surface area contributed by atoms with E-state index in [4.69, 9.17) is 4.74 Å². The zero-order valence-corrected chi connectivity index (χ0v) is 15.8. The number of hydrazone groups is 1. The fraction of sp³-hybridized carbons (Fsp3) is 0.333. The molecule has 2 aromatic rings. The van der Waals surface area contributed by atoms with E-state index in [1.54, 1.807) is 12.1 Å². The molecule has 0 radical (unpaired) electrons. The van der Waals surface area contributed by atoms with Crippen LogP contribution < -0.4 is 4.74 Å². The maximum atomic E-state index is 13.6. The van der Waals surface area contributed by atoms with E-state index in [0.717, 1.165) is 5.56 Å². The first-order chi connectivity index (χ1) is 13.7. The molecule has 2 aromatic carbocycles. The lowest BCUT2D eigenvalue weighted by Gasteiger charge is -2.32. The number of hydrogen-bond donors (Lipinski definition) is 1. The van der Waals surface area contributed by atoms with Crippen LogP contribution >= 0.6 is 0 Å². The SMILES string of the molecule is COc1ccc(C2=NN(C(=O)CCCc3ccccc3)[C@@](O)(C(F)(F)F)C2)cc1. The Hall–Kier alpha value is -2.87. The summed E-state index contributed by atoms with van der Waals surface area (Å²) >= 11 is 0. The molecule has 0 bridgehead atoms. The number of halogens is 3. The number of aryl methyl sites for hydroxylation is 1. The number of nitrogens with zero attached hydrogens (tertiary/aromatic N) is 2. The van der Waals surface area contributed by atoms with Crippen molar-refractivity contribution in [3.05, 3.63) is 65.7 Å². The van der Waals surface area contributed by atoms with Crippen LogP contribution in [0.4, 0.5) is 13.2 Å². The van der Waals surface area contributed by atoms with Crippen molar-refractivity contribution in [3.8, 4) is 5.75 Å². The summed E-state index contributed by atoms with van der Waals surface area (Å²) in [5, 5.41) is 14.4. The minimum Gasteiger partial charge on any atom is -0.497 e. The summed E-state index contributed by atoms with van der Waals surface area (Å²) in [7, 11) is 1.47. The van der Waals surface area contributed by atoms with E-state index in [1.807, 2.05) is 30.3 Å². The molecule has 1 aliphatic heterocycles. The van der Waals surface area contributed by atoms with Gasteiger partial charge in [0.05, 0.1) is 19.2 Å². The highest BCUT2D eigenvalue weighted by Crippen LogP contribution is 2.41. The minimum absolute atomic E-state index is 0.0103. The monoisotopic (exact) mass is 406 g/mol. The van der Waals surface area contributed by atoms with Crippen molar-refractivity contribution < 1.29 is 27.8 Å². The van der Waals surface area contributed by atoms with Crippen molar-refractivity contribution in [1.82, 2.24) is 5.01 Å². The Morgan fingerprint density at radius 1 is 1.17 bits per heavy atom. The van der Waals surface area contributed by atoms with Gasteiger partial charge in [0.1, 0.15) is 5.75 Å². The van der Waals surface area contributed by atoms with Crippen LogP contribution in [0.25, 0.3) is 0 Å². The zero-order chi connectivity index (χ0) is 21.1. The number of aliphatic hydroxyl groups is 1. The van der Waals surface area contributed by atoms with E-state index in [9.17, 15) is 23.1 Å². The number of carbonyl (C=O) groups is 1. The molecule has 0 aromatic heterocycles. The molecule has 29 heavy (non-hydrogen) atoms. The van der Waals surface area contributed by atoms with Gasteiger partial charge in [-0.15, -0.1) is 0 Å². The molecule has 0 aliphatic carbocycles. The third-order valence-corrected chi connectivity index (χ3v) is 4.80. The Kier molecular flexibility index (Phi) is 5.93. The first-order valence-electron chi connectivity index (χ1n) is 9.12. The van der Waals surface area contributed by atoms with Gasteiger partial charge in [0.25, 0.3) is 5.72 Å². The fourth-order valence-electron chi connectivity index (χ4n) is 3.17. The molecule has 3 rings (SSSR count). The molecule has 1 aliphatic rings. The van der Waals surface area contributed by atoms with Crippen LogP contribution in [0.1, 0.15) is 30.4 Å². The van der Waals surface area contributed by atoms with Crippen LogP contribution in [-0.4, -0.2) is 40.7 Å². The van der Waals surface area contributed by atoms with Gasteiger partial charge in [-0.05, 0) is 48.2 Å². The van der Waals surface area contributed by atoms with E-state index < -0.39 is 24.2 Å². The molecule has 1 amide bonds. The summed E-state index contributed by atoms with van der Waals surface area (Å²) in [6.07, 6.45) is -5.14. The Morgan fingerprint density at radius 3 is 2.41 bits per heavy atom. The molecule has 0 spiro atoms. The molecule has 154 valence electrons. The molecule has 0 fully saturated rings. The molecule has 0 unspecified atom stereocenters. The molecule has 5 nitrogen and oxygen atoms in total. The van der Waals surface area contributed by atoms with Crippen LogP contribution in [0.3, 0.4) is 0 Å². The van der Waals surface area contributed by atoms with Crippen molar-refractivity contribution in [2.75, 3.05) is 7.11 Å². The third kappa shape index (κ3) is 4.42. The molecule has 0 saturated carbocycles. The maximum Gasteiger partial charge on any atom is 0.438 e. The maximum absolute atomic E-state index is 13.6. The van der Waals surface area contributed by atoms with Gasteiger partial charge in [-0.2, -0.15) is 23.3 Å². The van der Waals surface area contributed by atoms with Crippen molar-refractivity contribution in [2.24, 2.45) is 5.10 Å². The lowest BCUT2D eigenvalue weighted by molar-refractivity contribution is -0.302. The number of carbonyl (C=O) groups excluding carboxylic acids is 1. The van der Waals surface area contributed by atoms with Gasteiger partial charge in [0, 0.05) is 6.42 Å². The van der Waals surface area contributed by atoms with Crippen molar-refractivity contribution >= 4 is 11.6 Å². The van der Waals surface area contributed by atoms with E-state index in [1.165, 1.54) is 19.2 Å². The highest BCUT2D eigenvalue weighted by Gasteiger charge is 2.63. The summed E-state index contributed by atoms with van der Waals surface area (Å²) in [5.74, 6) is -0.337.